The maximum absolute atomic E-state index is 12.1. The number of carbonyl (C=O) groups excluding carboxylic acids is 2. The van der Waals surface area contributed by atoms with E-state index in [0.717, 1.165) is 0 Å². The predicted molar refractivity (Wildman–Crippen MR) is 71.0 cm³/mol. The lowest BCUT2D eigenvalue weighted by atomic mass is 10.1. The van der Waals surface area contributed by atoms with Crippen LogP contribution in [0.2, 0.25) is 0 Å². The van der Waals surface area contributed by atoms with E-state index in [-0.39, 0.29) is 5.91 Å². The van der Waals surface area contributed by atoms with Gasteiger partial charge >= 0.3 is 0 Å². The van der Waals surface area contributed by atoms with Crippen LogP contribution in [0.15, 0.2) is 24.3 Å². The number of amides is 2. The SMILES string of the molecule is Cc1n[nH]c(C)c1C(=O)Nc1cccc(C(N)=O)c1. The second-order valence-electron chi connectivity index (χ2n) is 4.21. The van der Waals surface area contributed by atoms with Crippen LogP contribution in [-0.2, 0) is 0 Å². The standard InChI is InChI=1S/C13H14N4O2/c1-7-11(8(2)17-16-7)13(19)15-10-5-3-4-9(6-10)12(14)18/h3-6H,1-2H3,(H2,14,18)(H,15,19)(H,16,17). The van der Waals surface area contributed by atoms with Gasteiger partial charge in [0.15, 0.2) is 0 Å². The average molecular weight is 258 g/mol. The average Bonchev–Trinajstić information content (AvgIpc) is 2.69. The molecule has 0 saturated heterocycles. The van der Waals surface area contributed by atoms with Crippen molar-refractivity contribution in [2.45, 2.75) is 13.8 Å². The quantitative estimate of drug-likeness (QED) is 0.775. The molecule has 1 heterocycles. The van der Waals surface area contributed by atoms with Gasteiger partial charge in [0, 0.05) is 16.9 Å². The molecular formula is C13H14N4O2. The lowest BCUT2D eigenvalue weighted by Crippen LogP contribution is -2.15. The third-order valence-corrected chi connectivity index (χ3v) is 2.76. The fourth-order valence-corrected chi connectivity index (χ4v) is 1.83. The van der Waals surface area contributed by atoms with Gasteiger partial charge in [0.2, 0.25) is 5.91 Å². The molecule has 0 aliphatic heterocycles. The Morgan fingerprint density at radius 3 is 2.63 bits per heavy atom. The molecule has 4 N–H and O–H groups in total. The predicted octanol–water partition coefficient (Wildman–Crippen LogP) is 1.38. The van der Waals surface area contributed by atoms with Crippen LogP contribution in [0.4, 0.5) is 5.69 Å². The summed E-state index contributed by atoms with van der Waals surface area (Å²) in [6.07, 6.45) is 0. The summed E-state index contributed by atoms with van der Waals surface area (Å²) in [6, 6.07) is 6.47. The van der Waals surface area contributed by atoms with E-state index in [2.05, 4.69) is 15.5 Å². The number of benzene rings is 1. The molecule has 0 bridgehead atoms. The van der Waals surface area contributed by atoms with Crippen molar-refractivity contribution in [3.8, 4) is 0 Å². The monoisotopic (exact) mass is 258 g/mol. The normalized spacial score (nSPS) is 10.2. The van der Waals surface area contributed by atoms with E-state index in [9.17, 15) is 9.59 Å². The van der Waals surface area contributed by atoms with Gasteiger partial charge in [-0.2, -0.15) is 5.10 Å². The third-order valence-electron chi connectivity index (χ3n) is 2.76. The van der Waals surface area contributed by atoms with E-state index < -0.39 is 5.91 Å². The Bertz CT molecular complexity index is 626. The van der Waals surface area contributed by atoms with E-state index in [1.165, 1.54) is 6.07 Å². The summed E-state index contributed by atoms with van der Waals surface area (Å²) in [5, 5.41) is 9.43. The third kappa shape index (κ3) is 2.62. The first kappa shape index (κ1) is 12.8. The number of H-pyrrole nitrogens is 1. The number of aromatic amines is 1. The van der Waals surface area contributed by atoms with Gasteiger partial charge in [0.25, 0.3) is 5.91 Å². The van der Waals surface area contributed by atoms with Crippen molar-refractivity contribution in [1.82, 2.24) is 10.2 Å². The highest BCUT2D eigenvalue weighted by Gasteiger charge is 2.15. The van der Waals surface area contributed by atoms with E-state index in [1.54, 1.807) is 32.0 Å². The molecule has 0 fully saturated rings. The molecule has 98 valence electrons. The van der Waals surface area contributed by atoms with E-state index in [1.807, 2.05) is 0 Å². The van der Waals surface area contributed by atoms with Crippen LogP contribution >= 0.6 is 0 Å². The molecule has 2 amide bonds. The largest absolute Gasteiger partial charge is 0.366 e. The molecule has 0 aliphatic rings. The molecule has 6 nitrogen and oxygen atoms in total. The molecule has 2 aromatic rings. The fraction of sp³-hybridized carbons (Fsp3) is 0.154. The van der Waals surface area contributed by atoms with Gasteiger partial charge in [-0.1, -0.05) is 6.07 Å². The Kier molecular flexibility index (Phi) is 3.33. The van der Waals surface area contributed by atoms with Crippen LogP contribution in [0.25, 0.3) is 0 Å². The van der Waals surface area contributed by atoms with Crippen molar-refractivity contribution in [3.05, 3.63) is 46.8 Å². The maximum atomic E-state index is 12.1. The molecule has 0 radical (unpaired) electrons. The molecule has 0 saturated carbocycles. The zero-order valence-corrected chi connectivity index (χ0v) is 10.7. The Morgan fingerprint density at radius 1 is 1.32 bits per heavy atom. The van der Waals surface area contributed by atoms with Crippen molar-refractivity contribution in [2.75, 3.05) is 5.32 Å². The van der Waals surface area contributed by atoms with Gasteiger partial charge < -0.3 is 11.1 Å². The molecule has 6 heteroatoms. The van der Waals surface area contributed by atoms with Crippen LogP contribution in [-0.4, -0.2) is 22.0 Å². The van der Waals surface area contributed by atoms with Crippen LogP contribution in [0.5, 0.6) is 0 Å². The van der Waals surface area contributed by atoms with Gasteiger partial charge in [-0.3, -0.25) is 14.7 Å². The Morgan fingerprint density at radius 2 is 2.05 bits per heavy atom. The van der Waals surface area contributed by atoms with Gasteiger partial charge in [-0.15, -0.1) is 0 Å². The minimum absolute atomic E-state index is 0.273. The fourth-order valence-electron chi connectivity index (χ4n) is 1.83. The van der Waals surface area contributed by atoms with Gasteiger partial charge in [-0.05, 0) is 32.0 Å². The summed E-state index contributed by atoms with van der Waals surface area (Å²) in [5.74, 6) is -0.808. The van der Waals surface area contributed by atoms with Crippen LogP contribution in [0.1, 0.15) is 32.1 Å². The summed E-state index contributed by atoms with van der Waals surface area (Å²) >= 11 is 0. The lowest BCUT2D eigenvalue weighted by Gasteiger charge is -2.06. The molecule has 0 unspecified atom stereocenters. The first-order valence-corrected chi connectivity index (χ1v) is 5.72. The van der Waals surface area contributed by atoms with Crippen molar-refractivity contribution >= 4 is 17.5 Å². The van der Waals surface area contributed by atoms with Crippen LogP contribution in [0.3, 0.4) is 0 Å². The second-order valence-corrected chi connectivity index (χ2v) is 4.21. The Hall–Kier alpha value is -2.63. The molecular weight excluding hydrogens is 244 g/mol. The smallest absolute Gasteiger partial charge is 0.259 e. The zero-order chi connectivity index (χ0) is 14.0. The number of rotatable bonds is 3. The van der Waals surface area contributed by atoms with Crippen molar-refractivity contribution in [1.29, 1.82) is 0 Å². The number of aryl methyl sites for hydroxylation is 2. The second kappa shape index (κ2) is 4.93. The van der Waals surface area contributed by atoms with E-state index in [0.29, 0.717) is 28.2 Å². The van der Waals surface area contributed by atoms with Crippen LogP contribution in [0, 0.1) is 13.8 Å². The first-order valence-electron chi connectivity index (χ1n) is 5.72. The molecule has 1 aromatic carbocycles. The summed E-state index contributed by atoms with van der Waals surface area (Å²) in [5.41, 5.74) is 7.88. The highest BCUT2D eigenvalue weighted by Crippen LogP contribution is 2.15. The van der Waals surface area contributed by atoms with E-state index in [4.69, 9.17) is 5.73 Å². The summed E-state index contributed by atoms with van der Waals surface area (Å²) in [6.45, 7) is 3.52. The number of nitrogens with two attached hydrogens (primary N) is 1. The number of primary amides is 1. The number of nitrogens with zero attached hydrogens (tertiary/aromatic N) is 1. The number of nitrogens with one attached hydrogen (secondary N) is 2. The molecule has 0 atom stereocenters. The van der Waals surface area contributed by atoms with Crippen molar-refractivity contribution in [2.24, 2.45) is 5.73 Å². The topological polar surface area (TPSA) is 101 Å². The summed E-state index contributed by atoms with van der Waals surface area (Å²) in [7, 11) is 0. The van der Waals surface area contributed by atoms with Gasteiger partial charge in [-0.25, -0.2) is 0 Å². The van der Waals surface area contributed by atoms with Gasteiger partial charge in [0.1, 0.15) is 0 Å². The van der Waals surface area contributed by atoms with Crippen LogP contribution < -0.4 is 11.1 Å². The van der Waals surface area contributed by atoms with Gasteiger partial charge in [0.05, 0.1) is 11.3 Å². The number of hydrogen-bond donors (Lipinski definition) is 3. The molecule has 2 rings (SSSR count). The number of anilines is 1. The minimum Gasteiger partial charge on any atom is -0.366 e. The highest BCUT2D eigenvalue weighted by molar-refractivity contribution is 6.06. The first-order chi connectivity index (χ1) is 8.99. The lowest BCUT2D eigenvalue weighted by molar-refractivity contribution is 0.0996. The maximum Gasteiger partial charge on any atom is 0.259 e. The van der Waals surface area contributed by atoms with E-state index >= 15 is 0 Å². The number of hydrogen-bond acceptors (Lipinski definition) is 3. The molecule has 19 heavy (non-hydrogen) atoms. The summed E-state index contributed by atoms with van der Waals surface area (Å²) in [4.78, 5) is 23.2. The summed E-state index contributed by atoms with van der Waals surface area (Å²) < 4.78 is 0. The minimum atomic E-state index is -0.535. The number of carbonyl (C=O) groups is 2. The zero-order valence-electron chi connectivity index (χ0n) is 10.7. The molecule has 0 aliphatic carbocycles. The molecule has 0 spiro atoms. The highest BCUT2D eigenvalue weighted by atomic mass is 16.2. The van der Waals surface area contributed by atoms with Crippen molar-refractivity contribution < 1.29 is 9.59 Å². The Labute approximate surface area is 110 Å². The number of aromatic nitrogens is 2. The molecule has 1 aromatic heterocycles. The van der Waals surface area contributed by atoms with Crippen molar-refractivity contribution in [3.63, 3.8) is 0 Å². The Balaban J connectivity index is 2.24.